The lowest BCUT2D eigenvalue weighted by Gasteiger charge is -2.45. The van der Waals surface area contributed by atoms with Crippen LogP contribution in [0.25, 0.3) is 0 Å². The van der Waals surface area contributed by atoms with Crippen LogP contribution in [-0.4, -0.2) is 30.3 Å². The zero-order valence-electron chi connectivity index (χ0n) is 10.9. The summed E-state index contributed by atoms with van der Waals surface area (Å²) in [5, 5.41) is 0.437. The van der Waals surface area contributed by atoms with Crippen molar-refractivity contribution in [2.45, 2.75) is 18.1 Å². The first-order valence-electron chi connectivity index (χ1n) is 6.56. The van der Waals surface area contributed by atoms with Crippen LogP contribution in [0.3, 0.4) is 0 Å². The summed E-state index contributed by atoms with van der Waals surface area (Å²) in [7, 11) is 0. The number of amidine groups is 1. The van der Waals surface area contributed by atoms with Crippen molar-refractivity contribution in [1.82, 2.24) is 0 Å². The predicted molar refractivity (Wildman–Crippen MR) is 76.0 cm³/mol. The molecule has 3 atom stereocenters. The van der Waals surface area contributed by atoms with Crippen molar-refractivity contribution in [3.8, 4) is 0 Å². The van der Waals surface area contributed by atoms with Crippen LogP contribution in [0.5, 0.6) is 0 Å². The monoisotopic (exact) mass is 298 g/mol. The Morgan fingerprint density at radius 1 is 1.45 bits per heavy atom. The smallest absolute Gasteiger partial charge is 0.154 e. The largest absolute Gasteiger partial charge is 0.379 e. The number of alkyl halides is 1. The molecule has 2 aliphatic rings. The van der Waals surface area contributed by atoms with Gasteiger partial charge in [0.1, 0.15) is 18.0 Å². The first kappa shape index (κ1) is 13.8. The van der Waals surface area contributed by atoms with Gasteiger partial charge in [0.15, 0.2) is 5.17 Å². The lowest BCUT2D eigenvalue weighted by Crippen LogP contribution is -2.50. The average Bonchev–Trinajstić information content (AvgIpc) is 2.47. The van der Waals surface area contributed by atoms with Crippen molar-refractivity contribution in [1.29, 1.82) is 0 Å². The van der Waals surface area contributed by atoms with Crippen molar-refractivity contribution >= 4 is 16.9 Å². The molecule has 3 unspecified atom stereocenters. The second-order valence-electron chi connectivity index (χ2n) is 5.19. The van der Waals surface area contributed by atoms with Crippen molar-refractivity contribution < 1.29 is 13.5 Å². The number of nitrogens with two attached hydrogens (primary N) is 1. The SMILES string of the molecule is NC1=NC2(c3ccccc3F)COC(CF)CC2CS1. The Labute approximate surface area is 120 Å². The number of nitrogens with zero attached hydrogens (tertiary/aromatic N) is 1. The molecular weight excluding hydrogens is 282 g/mol. The standard InChI is InChI=1S/C14H16F2N2OS/c15-6-10-5-9-7-20-13(17)18-14(9,8-19-10)11-3-1-2-4-12(11)16/h1-4,9-10H,5-8H2,(H2,17,18). The third-order valence-electron chi connectivity index (χ3n) is 4.02. The highest BCUT2D eigenvalue weighted by molar-refractivity contribution is 8.13. The van der Waals surface area contributed by atoms with Crippen LogP contribution in [0.15, 0.2) is 29.3 Å². The molecule has 2 N–H and O–H groups in total. The number of fused-ring (bicyclic) bond motifs is 1. The van der Waals surface area contributed by atoms with Gasteiger partial charge in [-0.05, 0) is 12.5 Å². The van der Waals surface area contributed by atoms with Gasteiger partial charge in [-0.2, -0.15) is 0 Å². The van der Waals surface area contributed by atoms with Crippen LogP contribution < -0.4 is 5.73 Å². The van der Waals surface area contributed by atoms with Gasteiger partial charge >= 0.3 is 0 Å². The van der Waals surface area contributed by atoms with Crippen molar-refractivity contribution in [3.05, 3.63) is 35.6 Å². The quantitative estimate of drug-likeness (QED) is 0.912. The maximum atomic E-state index is 14.2. The van der Waals surface area contributed by atoms with Gasteiger partial charge in [-0.25, -0.2) is 13.8 Å². The summed E-state index contributed by atoms with van der Waals surface area (Å²) in [6, 6.07) is 6.55. The predicted octanol–water partition coefficient (Wildman–Crippen LogP) is 2.46. The Hall–Kier alpha value is -1.14. The number of thioether (sulfide) groups is 1. The van der Waals surface area contributed by atoms with Crippen LogP contribution in [0, 0.1) is 11.7 Å². The van der Waals surface area contributed by atoms with Crippen molar-refractivity contribution in [3.63, 3.8) is 0 Å². The summed E-state index contributed by atoms with van der Waals surface area (Å²) < 4.78 is 32.6. The van der Waals surface area contributed by atoms with E-state index in [4.69, 9.17) is 10.5 Å². The second kappa shape index (κ2) is 5.33. The normalized spacial score (nSPS) is 33.4. The lowest BCUT2D eigenvalue weighted by molar-refractivity contribution is -0.0652. The fraction of sp³-hybridized carbons (Fsp3) is 0.500. The number of hydrogen-bond donors (Lipinski definition) is 1. The molecule has 0 spiro atoms. The van der Waals surface area contributed by atoms with Crippen LogP contribution in [0.4, 0.5) is 8.78 Å². The maximum absolute atomic E-state index is 14.2. The van der Waals surface area contributed by atoms with Crippen LogP contribution in [-0.2, 0) is 10.3 Å². The minimum atomic E-state index is -0.813. The van der Waals surface area contributed by atoms with Gasteiger partial charge in [0.2, 0.25) is 0 Å². The number of benzene rings is 1. The maximum Gasteiger partial charge on any atom is 0.154 e. The highest BCUT2D eigenvalue weighted by Gasteiger charge is 2.49. The van der Waals surface area contributed by atoms with E-state index in [9.17, 15) is 8.78 Å². The van der Waals surface area contributed by atoms with E-state index in [1.54, 1.807) is 18.2 Å². The Bertz CT molecular complexity index is 540. The topological polar surface area (TPSA) is 47.6 Å². The van der Waals surface area contributed by atoms with Gasteiger partial charge in [-0.15, -0.1) is 0 Å². The fourth-order valence-electron chi connectivity index (χ4n) is 2.97. The first-order valence-corrected chi connectivity index (χ1v) is 7.55. The third kappa shape index (κ3) is 2.20. The highest BCUT2D eigenvalue weighted by Crippen LogP contribution is 2.46. The zero-order valence-corrected chi connectivity index (χ0v) is 11.7. The van der Waals surface area contributed by atoms with Crippen LogP contribution in [0.1, 0.15) is 12.0 Å². The summed E-state index contributed by atoms with van der Waals surface area (Å²) in [6.45, 7) is -0.345. The number of halogens is 2. The van der Waals surface area contributed by atoms with E-state index in [0.717, 1.165) is 0 Å². The van der Waals surface area contributed by atoms with Crippen LogP contribution in [0.2, 0.25) is 0 Å². The Morgan fingerprint density at radius 3 is 3.00 bits per heavy atom. The number of rotatable bonds is 2. The van der Waals surface area contributed by atoms with Crippen molar-refractivity contribution in [2.75, 3.05) is 19.0 Å². The molecule has 20 heavy (non-hydrogen) atoms. The van der Waals surface area contributed by atoms with E-state index in [1.807, 2.05) is 0 Å². The molecule has 2 aliphatic heterocycles. The Morgan fingerprint density at radius 2 is 2.25 bits per heavy atom. The molecule has 0 amide bonds. The van der Waals surface area contributed by atoms with E-state index >= 15 is 0 Å². The lowest BCUT2D eigenvalue weighted by atomic mass is 9.75. The highest BCUT2D eigenvalue weighted by atomic mass is 32.2. The number of hydrogen-bond acceptors (Lipinski definition) is 4. The molecule has 0 bridgehead atoms. The van der Waals surface area contributed by atoms with Gasteiger partial charge in [0.25, 0.3) is 0 Å². The summed E-state index contributed by atoms with van der Waals surface area (Å²) in [5.41, 5.74) is 5.52. The molecule has 3 rings (SSSR count). The van der Waals surface area contributed by atoms with Crippen molar-refractivity contribution in [2.24, 2.45) is 16.6 Å². The molecule has 0 aliphatic carbocycles. The number of ether oxygens (including phenoxy) is 1. The summed E-state index contributed by atoms with van der Waals surface area (Å²) in [6.07, 6.45) is 0.115. The molecule has 0 radical (unpaired) electrons. The second-order valence-corrected chi connectivity index (χ2v) is 6.23. The molecule has 2 heterocycles. The number of aliphatic imine (C=N–C) groups is 1. The van der Waals surface area contributed by atoms with E-state index < -0.39 is 18.3 Å². The minimum Gasteiger partial charge on any atom is -0.379 e. The molecule has 108 valence electrons. The molecule has 1 aromatic rings. The molecule has 0 saturated carbocycles. The molecule has 3 nitrogen and oxygen atoms in total. The fourth-order valence-corrected chi connectivity index (χ4v) is 3.98. The molecule has 1 saturated heterocycles. The third-order valence-corrected chi connectivity index (χ3v) is 4.97. The molecular formula is C14H16F2N2OS. The summed E-state index contributed by atoms with van der Waals surface area (Å²) >= 11 is 1.44. The van der Waals surface area contributed by atoms with E-state index in [-0.39, 0.29) is 18.3 Å². The summed E-state index contributed by atoms with van der Waals surface area (Å²) in [4.78, 5) is 4.51. The Kier molecular flexibility index (Phi) is 3.69. The van der Waals surface area contributed by atoms with Gasteiger partial charge in [-0.3, -0.25) is 0 Å². The van der Waals surface area contributed by atoms with E-state index in [1.165, 1.54) is 17.8 Å². The minimum absolute atomic E-state index is 0.0335. The van der Waals surface area contributed by atoms with Gasteiger partial charge in [0, 0.05) is 17.2 Å². The van der Waals surface area contributed by atoms with E-state index in [0.29, 0.717) is 22.9 Å². The van der Waals surface area contributed by atoms with Crippen LogP contribution >= 0.6 is 11.8 Å². The molecule has 1 aromatic carbocycles. The summed E-state index contributed by atoms with van der Waals surface area (Å²) in [5.74, 6) is 0.429. The average molecular weight is 298 g/mol. The molecule has 0 aromatic heterocycles. The van der Waals surface area contributed by atoms with Gasteiger partial charge in [-0.1, -0.05) is 30.0 Å². The zero-order chi connectivity index (χ0) is 14.2. The van der Waals surface area contributed by atoms with E-state index in [2.05, 4.69) is 4.99 Å². The Balaban J connectivity index is 2.06. The molecule has 1 fully saturated rings. The molecule has 6 heteroatoms. The van der Waals surface area contributed by atoms with Gasteiger partial charge in [0.05, 0.1) is 12.7 Å². The van der Waals surface area contributed by atoms with Gasteiger partial charge < -0.3 is 10.5 Å². The first-order chi connectivity index (χ1) is 9.65.